The van der Waals surface area contributed by atoms with Crippen molar-refractivity contribution in [2.75, 3.05) is 0 Å². The largest absolute Gasteiger partial charge is 0.309 e. The first kappa shape index (κ1) is 42.4. The third-order valence-electron chi connectivity index (χ3n) is 11.9. The molecule has 0 spiro atoms. The van der Waals surface area contributed by atoms with Crippen LogP contribution in [0.5, 0.6) is 0 Å². The second kappa shape index (κ2) is 18.7. The third kappa shape index (κ3) is 7.74. The van der Waals surface area contributed by atoms with Crippen LogP contribution in [0.2, 0.25) is 0 Å². The number of benzene rings is 8. The van der Waals surface area contributed by atoms with Crippen LogP contribution in [0.15, 0.2) is 174 Å². The van der Waals surface area contributed by atoms with Gasteiger partial charge in [0.1, 0.15) is 0 Å². The topological polar surface area (TPSA) is 17.3 Å². The van der Waals surface area contributed by atoms with Crippen molar-refractivity contribution < 1.29 is 0 Å². The van der Waals surface area contributed by atoms with Gasteiger partial charge in [0, 0.05) is 28.1 Å². The van der Waals surface area contributed by atoms with Crippen molar-refractivity contribution >= 4 is 75.3 Å². The van der Waals surface area contributed by atoms with E-state index < -0.39 is 0 Å². The van der Waals surface area contributed by atoms with E-state index in [0.717, 1.165) is 22.7 Å². The van der Waals surface area contributed by atoms with Crippen molar-refractivity contribution in [3.05, 3.63) is 203 Å². The van der Waals surface area contributed by atoms with E-state index in [0.29, 0.717) is 0 Å². The van der Waals surface area contributed by atoms with Gasteiger partial charge < -0.3 is 4.57 Å². The van der Waals surface area contributed by atoms with Crippen molar-refractivity contribution in [2.24, 2.45) is 4.99 Å². The SMILES string of the molecule is C/C(N=C(c1ccccc1)C(C)c1cccc(-n2c3ccccc3c3c4ccccc4c(-c4c(C)ccc5ccccc45)c(C)c32)c1)=C(/C)c1ccccc1C.CC.PS. The van der Waals surface area contributed by atoms with Gasteiger partial charge in [0.25, 0.3) is 0 Å². The zero-order chi connectivity index (χ0) is 42.5. The molecular formula is C56H55N2PS. The molecule has 0 aliphatic heterocycles. The molecule has 60 heavy (non-hydrogen) atoms. The fourth-order valence-electron chi connectivity index (χ4n) is 8.97. The Balaban J connectivity index is 0.00000132. The summed E-state index contributed by atoms with van der Waals surface area (Å²) in [6.07, 6.45) is 0. The van der Waals surface area contributed by atoms with E-state index in [1.807, 2.05) is 13.8 Å². The minimum absolute atomic E-state index is 0.0286. The Labute approximate surface area is 364 Å². The molecule has 8 aromatic carbocycles. The Bertz CT molecular complexity index is 3040. The summed E-state index contributed by atoms with van der Waals surface area (Å²) in [7, 11) is 2.11. The van der Waals surface area contributed by atoms with E-state index in [9.17, 15) is 0 Å². The summed E-state index contributed by atoms with van der Waals surface area (Å²) in [5.41, 5.74) is 16.9. The number of hydrogen-bond acceptors (Lipinski definition) is 2. The molecule has 0 saturated heterocycles. The van der Waals surface area contributed by atoms with Crippen LogP contribution in [-0.4, -0.2) is 10.3 Å². The molecule has 2 nitrogen and oxygen atoms in total. The van der Waals surface area contributed by atoms with Crippen molar-refractivity contribution in [3.63, 3.8) is 0 Å². The number of allylic oxidation sites excluding steroid dienone is 2. The number of thiol groups is 1. The number of aryl methyl sites for hydroxylation is 3. The number of hydrogen-bond donors (Lipinski definition) is 1. The molecule has 2 atom stereocenters. The van der Waals surface area contributed by atoms with Gasteiger partial charge in [-0.2, -0.15) is 12.2 Å². The van der Waals surface area contributed by atoms with E-state index in [-0.39, 0.29) is 5.92 Å². The first-order valence-electron chi connectivity index (χ1n) is 21.0. The Kier molecular flexibility index (Phi) is 13.2. The van der Waals surface area contributed by atoms with E-state index >= 15 is 0 Å². The van der Waals surface area contributed by atoms with Crippen molar-refractivity contribution in [2.45, 2.75) is 61.3 Å². The number of rotatable bonds is 7. The van der Waals surface area contributed by atoms with Gasteiger partial charge in [0.05, 0.1) is 16.7 Å². The van der Waals surface area contributed by atoms with Gasteiger partial charge in [0.15, 0.2) is 0 Å². The lowest BCUT2D eigenvalue weighted by Gasteiger charge is -2.20. The fourth-order valence-corrected chi connectivity index (χ4v) is 8.97. The molecule has 0 aliphatic rings. The van der Waals surface area contributed by atoms with Gasteiger partial charge in [-0.1, -0.05) is 175 Å². The van der Waals surface area contributed by atoms with Crippen molar-refractivity contribution in [3.8, 4) is 16.8 Å². The highest BCUT2D eigenvalue weighted by atomic mass is 32.7. The van der Waals surface area contributed by atoms with Gasteiger partial charge in [-0.15, -0.1) is 0 Å². The molecular weight excluding hydrogens is 764 g/mol. The lowest BCUT2D eigenvalue weighted by molar-refractivity contribution is 1.00. The van der Waals surface area contributed by atoms with E-state index in [1.165, 1.54) is 87.9 Å². The standard InChI is InChI=1S/C54H46N2.C2H6.H3PS/c1-34-19-10-12-25-44(34)36(3)39(6)55-53(41-21-8-7-9-22-41)37(4)42-23-18-24-43(33-42)56-49-30-17-16-29-48(49)52-47-28-15-14-27-46(47)51(38(5)54(52)56)50-35(2)31-32-40-20-11-13-26-45(40)50;2*1-2/h7-33,37H,1-6H3;1-2H3;2H,1H2/b39-36+,55-53?;;. The second-order valence-corrected chi connectivity index (χ2v) is 15.3. The smallest absolute Gasteiger partial charge is 0.0582 e. The van der Waals surface area contributed by atoms with Crippen LogP contribution in [0.25, 0.3) is 65.7 Å². The molecule has 2 unspecified atom stereocenters. The van der Waals surface area contributed by atoms with Crippen LogP contribution in [-0.2, 0) is 0 Å². The Hall–Kier alpha value is -5.73. The Morgan fingerprint density at radius 3 is 1.93 bits per heavy atom. The zero-order valence-corrected chi connectivity index (χ0v) is 38.1. The number of para-hydroxylation sites is 1. The molecule has 4 heteroatoms. The maximum absolute atomic E-state index is 5.45. The molecule has 0 fully saturated rings. The van der Waals surface area contributed by atoms with Gasteiger partial charge in [-0.3, -0.25) is 4.99 Å². The lowest BCUT2D eigenvalue weighted by Crippen LogP contribution is -2.12. The molecule has 1 aromatic heterocycles. The summed E-state index contributed by atoms with van der Waals surface area (Å²) in [5, 5.41) is 7.67. The molecule has 9 aromatic rings. The number of aliphatic imine (C=N–C) groups is 1. The van der Waals surface area contributed by atoms with Crippen LogP contribution in [0, 0.1) is 20.8 Å². The molecule has 0 bridgehead atoms. The number of fused-ring (bicyclic) bond motifs is 6. The highest BCUT2D eigenvalue weighted by Crippen LogP contribution is 2.46. The molecule has 1 heterocycles. The van der Waals surface area contributed by atoms with Crippen LogP contribution < -0.4 is 0 Å². The van der Waals surface area contributed by atoms with Crippen LogP contribution >= 0.6 is 20.7 Å². The lowest BCUT2D eigenvalue weighted by atomic mass is 9.86. The van der Waals surface area contributed by atoms with Gasteiger partial charge >= 0.3 is 0 Å². The van der Waals surface area contributed by atoms with E-state index in [1.54, 1.807) is 0 Å². The second-order valence-electron chi connectivity index (χ2n) is 15.3. The summed E-state index contributed by atoms with van der Waals surface area (Å²) in [6.45, 7) is 17.4. The quantitative estimate of drug-likeness (QED) is 0.0938. The third-order valence-corrected chi connectivity index (χ3v) is 11.9. The number of aromatic nitrogens is 1. The minimum Gasteiger partial charge on any atom is -0.309 e. The average molecular weight is 819 g/mol. The zero-order valence-electron chi connectivity index (χ0n) is 36.1. The highest BCUT2D eigenvalue weighted by Gasteiger charge is 2.24. The van der Waals surface area contributed by atoms with Crippen LogP contribution in [0.3, 0.4) is 0 Å². The van der Waals surface area contributed by atoms with Gasteiger partial charge in [-0.05, 0) is 124 Å². The Morgan fingerprint density at radius 1 is 0.583 bits per heavy atom. The minimum atomic E-state index is 0.0286. The van der Waals surface area contributed by atoms with Crippen LogP contribution in [0.1, 0.15) is 73.9 Å². The monoisotopic (exact) mass is 818 g/mol. The number of nitrogens with zero attached hydrogens (tertiary/aromatic N) is 2. The summed E-state index contributed by atoms with van der Waals surface area (Å²) in [6, 6.07) is 59.7. The summed E-state index contributed by atoms with van der Waals surface area (Å²) in [5.74, 6) is 0.0286. The molecule has 300 valence electrons. The summed E-state index contributed by atoms with van der Waals surface area (Å²) >= 11 is 3.44. The van der Waals surface area contributed by atoms with Crippen molar-refractivity contribution in [1.29, 1.82) is 0 Å². The highest BCUT2D eigenvalue weighted by molar-refractivity contribution is 8.31. The average Bonchev–Trinajstić information content (AvgIpc) is 3.66. The predicted molar refractivity (Wildman–Crippen MR) is 272 cm³/mol. The normalized spacial score (nSPS) is 12.5. The van der Waals surface area contributed by atoms with Crippen molar-refractivity contribution in [1.82, 2.24) is 4.57 Å². The first-order chi connectivity index (χ1) is 29.3. The molecule has 9 rings (SSSR count). The van der Waals surface area contributed by atoms with E-state index in [2.05, 4.69) is 231 Å². The van der Waals surface area contributed by atoms with Gasteiger partial charge in [-0.25, -0.2) is 0 Å². The molecule has 0 aliphatic carbocycles. The first-order valence-corrected chi connectivity index (χ1v) is 23.0. The summed E-state index contributed by atoms with van der Waals surface area (Å²) < 4.78 is 2.51. The van der Waals surface area contributed by atoms with E-state index in [4.69, 9.17) is 4.99 Å². The molecule has 0 saturated carbocycles. The summed E-state index contributed by atoms with van der Waals surface area (Å²) in [4.78, 5) is 5.45. The molecule has 0 N–H and O–H groups in total. The Morgan fingerprint density at radius 2 is 1.20 bits per heavy atom. The van der Waals surface area contributed by atoms with Gasteiger partial charge in [0.2, 0.25) is 0 Å². The fraction of sp³-hybridized carbons (Fsp3) is 0.161. The van der Waals surface area contributed by atoms with Crippen LogP contribution in [0.4, 0.5) is 0 Å². The molecule has 0 amide bonds. The molecule has 0 radical (unpaired) electrons. The predicted octanol–water partition coefficient (Wildman–Crippen LogP) is 16.5. The maximum atomic E-state index is 5.45. The maximum Gasteiger partial charge on any atom is 0.0582 e.